The monoisotopic (exact) mass is 340 g/mol. The quantitative estimate of drug-likeness (QED) is 0.827. The standard InChI is InChI=1S/C19H17ClN2O2/c1-13-8-9-22(12-13)19(23)14-4-2-5-15(10-14)24-18-7-3-6-17(20)16(18)11-21/h2-7,10,13H,8-9,12H2,1H3. The molecule has 0 bridgehead atoms. The van der Waals surface area contributed by atoms with E-state index in [-0.39, 0.29) is 11.5 Å². The molecule has 0 N–H and O–H groups in total. The van der Waals surface area contributed by atoms with Gasteiger partial charge >= 0.3 is 0 Å². The van der Waals surface area contributed by atoms with Crippen LogP contribution >= 0.6 is 11.6 Å². The molecule has 2 aromatic rings. The summed E-state index contributed by atoms with van der Waals surface area (Å²) in [5, 5.41) is 9.55. The maximum atomic E-state index is 12.6. The van der Waals surface area contributed by atoms with E-state index in [0.717, 1.165) is 19.5 Å². The SMILES string of the molecule is CC1CCN(C(=O)c2cccc(Oc3cccc(Cl)c3C#N)c2)C1. The van der Waals surface area contributed by atoms with Gasteiger partial charge in [-0.05, 0) is 42.7 Å². The van der Waals surface area contributed by atoms with Crippen molar-refractivity contribution in [2.24, 2.45) is 5.92 Å². The molecular weight excluding hydrogens is 324 g/mol. The second kappa shape index (κ2) is 6.94. The molecule has 24 heavy (non-hydrogen) atoms. The number of halogens is 1. The van der Waals surface area contributed by atoms with Gasteiger partial charge in [-0.3, -0.25) is 4.79 Å². The van der Waals surface area contributed by atoms with Gasteiger partial charge in [0.25, 0.3) is 5.91 Å². The first-order chi connectivity index (χ1) is 11.6. The summed E-state index contributed by atoms with van der Waals surface area (Å²) >= 11 is 6.01. The van der Waals surface area contributed by atoms with Gasteiger partial charge in [0.1, 0.15) is 23.1 Å². The fraction of sp³-hybridized carbons (Fsp3) is 0.263. The van der Waals surface area contributed by atoms with Crippen molar-refractivity contribution in [2.45, 2.75) is 13.3 Å². The summed E-state index contributed by atoms with van der Waals surface area (Å²) in [5.74, 6) is 1.44. The largest absolute Gasteiger partial charge is 0.456 e. The number of hydrogen-bond acceptors (Lipinski definition) is 3. The number of amides is 1. The molecule has 2 aromatic carbocycles. The van der Waals surface area contributed by atoms with Crippen LogP contribution in [0.3, 0.4) is 0 Å². The van der Waals surface area contributed by atoms with Crippen LogP contribution in [0.15, 0.2) is 42.5 Å². The van der Waals surface area contributed by atoms with Crippen LogP contribution in [0.4, 0.5) is 0 Å². The highest BCUT2D eigenvalue weighted by Crippen LogP contribution is 2.30. The molecular formula is C19H17ClN2O2. The van der Waals surface area contributed by atoms with Crippen LogP contribution in [0.1, 0.15) is 29.3 Å². The minimum Gasteiger partial charge on any atom is -0.456 e. The third kappa shape index (κ3) is 3.37. The summed E-state index contributed by atoms with van der Waals surface area (Å²) in [4.78, 5) is 14.4. The molecule has 0 saturated carbocycles. The Kier molecular flexibility index (Phi) is 4.73. The van der Waals surface area contributed by atoms with Crippen LogP contribution in [0.25, 0.3) is 0 Å². The molecule has 0 aliphatic carbocycles. The van der Waals surface area contributed by atoms with Crippen molar-refractivity contribution in [1.29, 1.82) is 5.26 Å². The van der Waals surface area contributed by atoms with E-state index in [0.29, 0.717) is 28.0 Å². The van der Waals surface area contributed by atoms with Crippen LogP contribution < -0.4 is 4.74 Å². The van der Waals surface area contributed by atoms with Gasteiger partial charge in [-0.1, -0.05) is 30.7 Å². The van der Waals surface area contributed by atoms with Gasteiger partial charge in [-0.15, -0.1) is 0 Å². The summed E-state index contributed by atoms with van der Waals surface area (Å²) in [6.07, 6.45) is 1.04. The van der Waals surface area contributed by atoms with Crippen LogP contribution in [-0.4, -0.2) is 23.9 Å². The number of nitrogens with zero attached hydrogens (tertiary/aromatic N) is 2. The smallest absolute Gasteiger partial charge is 0.253 e. The van der Waals surface area contributed by atoms with Crippen molar-refractivity contribution in [3.05, 3.63) is 58.6 Å². The van der Waals surface area contributed by atoms with Crippen molar-refractivity contribution in [3.63, 3.8) is 0 Å². The number of benzene rings is 2. The van der Waals surface area contributed by atoms with Crippen molar-refractivity contribution in [2.75, 3.05) is 13.1 Å². The number of ether oxygens (including phenoxy) is 1. The molecule has 1 atom stereocenters. The highest BCUT2D eigenvalue weighted by atomic mass is 35.5. The Morgan fingerprint density at radius 1 is 1.33 bits per heavy atom. The molecule has 122 valence electrons. The van der Waals surface area contributed by atoms with Gasteiger partial charge in [0.15, 0.2) is 0 Å². The van der Waals surface area contributed by atoms with Crippen LogP contribution in [0.2, 0.25) is 5.02 Å². The molecule has 0 spiro atoms. The van der Waals surface area contributed by atoms with Crippen LogP contribution in [0.5, 0.6) is 11.5 Å². The van der Waals surface area contributed by atoms with Crippen LogP contribution in [-0.2, 0) is 0 Å². The van der Waals surface area contributed by atoms with E-state index in [1.165, 1.54) is 0 Å². The molecule has 1 amide bonds. The molecule has 5 heteroatoms. The van der Waals surface area contributed by atoms with E-state index in [1.807, 2.05) is 11.0 Å². The molecule has 1 aliphatic heterocycles. The molecule has 1 unspecified atom stereocenters. The molecule has 0 radical (unpaired) electrons. The van der Waals surface area contributed by atoms with E-state index in [9.17, 15) is 10.1 Å². The highest BCUT2D eigenvalue weighted by Gasteiger charge is 2.24. The molecule has 1 saturated heterocycles. The first-order valence-corrected chi connectivity index (χ1v) is 8.22. The Labute approximate surface area is 146 Å². The minimum absolute atomic E-state index is 0.0106. The lowest BCUT2D eigenvalue weighted by molar-refractivity contribution is 0.0788. The first-order valence-electron chi connectivity index (χ1n) is 7.84. The van der Waals surface area contributed by atoms with E-state index >= 15 is 0 Å². The number of carbonyl (C=O) groups excluding carboxylic acids is 1. The Balaban J connectivity index is 1.83. The summed E-state index contributed by atoms with van der Waals surface area (Å²) in [7, 11) is 0. The second-order valence-corrected chi connectivity index (χ2v) is 6.41. The highest BCUT2D eigenvalue weighted by molar-refractivity contribution is 6.31. The Morgan fingerprint density at radius 2 is 2.12 bits per heavy atom. The predicted octanol–water partition coefficient (Wildman–Crippen LogP) is 4.49. The van der Waals surface area contributed by atoms with Gasteiger partial charge < -0.3 is 9.64 Å². The average Bonchev–Trinajstić information content (AvgIpc) is 3.01. The zero-order chi connectivity index (χ0) is 17.1. The fourth-order valence-electron chi connectivity index (χ4n) is 2.82. The van der Waals surface area contributed by atoms with Gasteiger partial charge in [0, 0.05) is 18.7 Å². The molecule has 0 aromatic heterocycles. The summed E-state index contributed by atoms with van der Waals surface area (Å²) in [6, 6.07) is 14.1. The van der Waals surface area contributed by atoms with Crippen molar-refractivity contribution in [3.8, 4) is 17.6 Å². The summed E-state index contributed by atoms with van der Waals surface area (Å²) in [5.41, 5.74) is 0.867. The van der Waals surface area contributed by atoms with E-state index < -0.39 is 0 Å². The normalized spacial score (nSPS) is 16.7. The first kappa shape index (κ1) is 16.4. The van der Waals surface area contributed by atoms with Crippen molar-refractivity contribution >= 4 is 17.5 Å². The van der Waals surface area contributed by atoms with Crippen LogP contribution in [0, 0.1) is 17.2 Å². The van der Waals surface area contributed by atoms with E-state index in [4.69, 9.17) is 16.3 Å². The average molecular weight is 341 g/mol. The van der Waals surface area contributed by atoms with Gasteiger partial charge in [0.2, 0.25) is 0 Å². The maximum Gasteiger partial charge on any atom is 0.253 e. The van der Waals surface area contributed by atoms with Gasteiger partial charge in [-0.25, -0.2) is 0 Å². The third-order valence-corrected chi connectivity index (χ3v) is 4.42. The number of carbonyl (C=O) groups is 1. The topological polar surface area (TPSA) is 53.3 Å². The van der Waals surface area contributed by atoms with E-state index in [1.54, 1.807) is 42.5 Å². The maximum absolute atomic E-state index is 12.6. The molecule has 1 aliphatic rings. The van der Waals surface area contributed by atoms with Crippen molar-refractivity contribution in [1.82, 2.24) is 4.90 Å². The van der Waals surface area contributed by atoms with Crippen molar-refractivity contribution < 1.29 is 9.53 Å². The number of likely N-dealkylation sites (tertiary alicyclic amines) is 1. The van der Waals surface area contributed by atoms with Gasteiger partial charge in [-0.2, -0.15) is 5.26 Å². The van der Waals surface area contributed by atoms with E-state index in [2.05, 4.69) is 6.92 Å². The summed E-state index contributed by atoms with van der Waals surface area (Å²) < 4.78 is 5.78. The molecule has 3 rings (SSSR count). The molecule has 4 nitrogen and oxygen atoms in total. The molecule has 1 heterocycles. The lowest BCUT2D eigenvalue weighted by Gasteiger charge is -2.16. The number of rotatable bonds is 3. The third-order valence-electron chi connectivity index (χ3n) is 4.11. The predicted molar refractivity (Wildman–Crippen MR) is 92.4 cm³/mol. The number of nitriles is 1. The second-order valence-electron chi connectivity index (χ2n) is 6.00. The zero-order valence-electron chi connectivity index (χ0n) is 13.3. The lowest BCUT2D eigenvalue weighted by atomic mass is 10.1. The Bertz CT molecular complexity index is 813. The van der Waals surface area contributed by atoms with Gasteiger partial charge in [0.05, 0.1) is 5.02 Å². The minimum atomic E-state index is 0.0106. The summed E-state index contributed by atoms with van der Waals surface area (Å²) in [6.45, 7) is 3.73. The zero-order valence-corrected chi connectivity index (χ0v) is 14.1. The number of hydrogen-bond donors (Lipinski definition) is 0. The Morgan fingerprint density at radius 3 is 2.83 bits per heavy atom. The molecule has 1 fully saturated rings. The Hall–Kier alpha value is -2.51. The fourth-order valence-corrected chi connectivity index (χ4v) is 3.03. The lowest BCUT2D eigenvalue weighted by Crippen LogP contribution is -2.28.